The summed E-state index contributed by atoms with van der Waals surface area (Å²) in [6, 6.07) is 3.05. The van der Waals surface area contributed by atoms with Crippen LogP contribution < -0.4 is 4.74 Å². The molecule has 0 spiro atoms. The molecule has 3 nitrogen and oxygen atoms in total. The van der Waals surface area contributed by atoms with Crippen molar-refractivity contribution >= 4 is 5.97 Å². The van der Waals surface area contributed by atoms with Gasteiger partial charge >= 0.3 is 12.6 Å². The van der Waals surface area contributed by atoms with Crippen molar-refractivity contribution in [3.05, 3.63) is 29.6 Å². The highest BCUT2D eigenvalue weighted by molar-refractivity contribution is 5.72. The number of halogens is 3. The first-order valence-corrected chi connectivity index (χ1v) is 4.33. The van der Waals surface area contributed by atoms with Gasteiger partial charge in [0.15, 0.2) is 0 Å². The van der Waals surface area contributed by atoms with E-state index in [1.54, 1.807) is 0 Å². The Morgan fingerprint density at radius 3 is 2.69 bits per heavy atom. The number of carbonyl (C=O) groups is 1. The molecule has 0 bridgehead atoms. The number of methoxy groups -OCH3 is 1. The zero-order chi connectivity index (χ0) is 12.1. The number of esters is 1. The van der Waals surface area contributed by atoms with Crippen LogP contribution in [-0.2, 0) is 16.0 Å². The van der Waals surface area contributed by atoms with Crippen molar-refractivity contribution in [2.24, 2.45) is 0 Å². The van der Waals surface area contributed by atoms with Gasteiger partial charge in [-0.15, -0.1) is 0 Å². The fourth-order valence-electron chi connectivity index (χ4n) is 1.09. The van der Waals surface area contributed by atoms with Crippen molar-refractivity contribution < 1.29 is 27.4 Å². The minimum atomic E-state index is -2.99. The van der Waals surface area contributed by atoms with E-state index in [4.69, 9.17) is 0 Å². The van der Waals surface area contributed by atoms with Crippen LogP contribution >= 0.6 is 0 Å². The molecule has 0 atom stereocenters. The first-order chi connectivity index (χ1) is 7.52. The van der Waals surface area contributed by atoms with E-state index in [-0.39, 0.29) is 17.7 Å². The van der Waals surface area contributed by atoms with Gasteiger partial charge in [0.05, 0.1) is 13.5 Å². The Morgan fingerprint density at radius 1 is 1.44 bits per heavy atom. The lowest BCUT2D eigenvalue weighted by Crippen LogP contribution is -2.07. The van der Waals surface area contributed by atoms with Gasteiger partial charge in [0.1, 0.15) is 11.6 Å². The fraction of sp³-hybridized carbons (Fsp3) is 0.300. The van der Waals surface area contributed by atoms with Crippen molar-refractivity contribution in [1.82, 2.24) is 0 Å². The van der Waals surface area contributed by atoms with Gasteiger partial charge in [-0.05, 0) is 18.2 Å². The van der Waals surface area contributed by atoms with Crippen LogP contribution in [0, 0.1) is 5.82 Å². The smallest absolute Gasteiger partial charge is 0.387 e. The predicted octanol–water partition coefficient (Wildman–Crippen LogP) is 2.14. The average Bonchev–Trinajstić information content (AvgIpc) is 2.22. The van der Waals surface area contributed by atoms with E-state index in [1.807, 2.05) is 0 Å². The number of benzene rings is 1. The summed E-state index contributed by atoms with van der Waals surface area (Å²) in [6.45, 7) is -2.99. The number of alkyl halides is 2. The zero-order valence-corrected chi connectivity index (χ0v) is 8.38. The average molecular weight is 234 g/mol. The van der Waals surface area contributed by atoms with Crippen LogP contribution in [0.25, 0.3) is 0 Å². The fourth-order valence-corrected chi connectivity index (χ4v) is 1.09. The molecule has 0 aliphatic rings. The Morgan fingerprint density at radius 2 is 2.12 bits per heavy atom. The second kappa shape index (κ2) is 5.39. The molecular formula is C10H9F3O3. The third-order valence-corrected chi connectivity index (χ3v) is 1.80. The van der Waals surface area contributed by atoms with Crippen LogP contribution in [0.5, 0.6) is 5.75 Å². The van der Waals surface area contributed by atoms with Gasteiger partial charge in [-0.2, -0.15) is 8.78 Å². The van der Waals surface area contributed by atoms with E-state index in [0.29, 0.717) is 0 Å². The molecular weight excluding hydrogens is 225 g/mol. The third kappa shape index (κ3) is 3.45. The lowest BCUT2D eigenvalue weighted by Gasteiger charge is -2.07. The van der Waals surface area contributed by atoms with Crippen LogP contribution in [-0.4, -0.2) is 19.7 Å². The van der Waals surface area contributed by atoms with E-state index in [0.717, 1.165) is 25.3 Å². The first-order valence-electron chi connectivity index (χ1n) is 4.33. The maximum Gasteiger partial charge on any atom is 0.387 e. The summed E-state index contributed by atoms with van der Waals surface area (Å²) in [5.74, 6) is -1.53. The van der Waals surface area contributed by atoms with Gasteiger partial charge in [0, 0.05) is 5.56 Å². The molecule has 0 fully saturated rings. The molecule has 6 heteroatoms. The van der Waals surface area contributed by atoms with Gasteiger partial charge in [-0.3, -0.25) is 4.79 Å². The van der Waals surface area contributed by atoms with E-state index < -0.39 is 18.4 Å². The van der Waals surface area contributed by atoms with E-state index in [2.05, 4.69) is 9.47 Å². The lowest BCUT2D eigenvalue weighted by atomic mass is 10.1. The number of carbonyl (C=O) groups excluding carboxylic acids is 1. The van der Waals surface area contributed by atoms with E-state index >= 15 is 0 Å². The Balaban J connectivity index is 2.86. The van der Waals surface area contributed by atoms with E-state index in [1.165, 1.54) is 0 Å². The second-order valence-corrected chi connectivity index (χ2v) is 2.88. The molecule has 0 aliphatic heterocycles. The molecule has 0 saturated heterocycles. The van der Waals surface area contributed by atoms with Gasteiger partial charge < -0.3 is 9.47 Å². The predicted molar refractivity (Wildman–Crippen MR) is 48.8 cm³/mol. The monoisotopic (exact) mass is 234 g/mol. The highest BCUT2D eigenvalue weighted by Crippen LogP contribution is 2.19. The standard InChI is InChI=1S/C10H9F3O3/c1-15-9(14)5-6-4-7(16-10(12)13)2-3-8(6)11/h2-4,10H,5H2,1H3. The Labute approximate surface area is 89.8 Å². The van der Waals surface area contributed by atoms with Gasteiger partial charge in [0.25, 0.3) is 0 Å². The molecule has 16 heavy (non-hydrogen) atoms. The second-order valence-electron chi connectivity index (χ2n) is 2.88. The molecule has 1 aromatic carbocycles. The molecule has 0 saturated carbocycles. The quantitative estimate of drug-likeness (QED) is 0.749. The summed E-state index contributed by atoms with van der Waals surface area (Å²) in [6.07, 6.45) is -0.331. The van der Waals surface area contributed by atoms with Gasteiger partial charge in [0.2, 0.25) is 0 Å². The minimum Gasteiger partial charge on any atom is -0.469 e. The van der Waals surface area contributed by atoms with Crippen molar-refractivity contribution in [3.8, 4) is 5.75 Å². The normalized spacial score (nSPS) is 10.3. The van der Waals surface area contributed by atoms with Crippen molar-refractivity contribution in [2.75, 3.05) is 7.11 Å². The highest BCUT2D eigenvalue weighted by atomic mass is 19.3. The molecule has 0 unspecified atom stereocenters. The molecule has 0 amide bonds. The van der Waals surface area contributed by atoms with Gasteiger partial charge in [-0.1, -0.05) is 0 Å². The van der Waals surface area contributed by atoms with Gasteiger partial charge in [-0.25, -0.2) is 4.39 Å². The summed E-state index contributed by atoms with van der Waals surface area (Å²) < 4.78 is 45.3. The molecule has 1 rings (SSSR count). The Hall–Kier alpha value is -1.72. The molecule has 88 valence electrons. The third-order valence-electron chi connectivity index (χ3n) is 1.80. The topological polar surface area (TPSA) is 35.5 Å². The molecule has 0 heterocycles. The van der Waals surface area contributed by atoms with Crippen LogP contribution in [0.2, 0.25) is 0 Å². The number of rotatable bonds is 4. The van der Waals surface area contributed by atoms with E-state index in [9.17, 15) is 18.0 Å². The first kappa shape index (κ1) is 12.4. The van der Waals surface area contributed by atoms with Crippen molar-refractivity contribution in [2.45, 2.75) is 13.0 Å². The van der Waals surface area contributed by atoms with Crippen LogP contribution in [0.15, 0.2) is 18.2 Å². The Kier molecular flexibility index (Phi) is 4.16. The van der Waals surface area contributed by atoms with Crippen LogP contribution in [0.4, 0.5) is 13.2 Å². The maximum absolute atomic E-state index is 13.2. The zero-order valence-electron chi connectivity index (χ0n) is 8.38. The molecule has 0 radical (unpaired) electrons. The molecule has 0 aromatic heterocycles. The molecule has 0 aliphatic carbocycles. The lowest BCUT2D eigenvalue weighted by molar-refractivity contribution is -0.139. The van der Waals surface area contributed by atoms with Crippen LogP contribution in [0.1, 0.15) is 5.56 Å². The summed E-state index contributed by atoms with van der Waals surface area (Å²) in [7, 11) is 1.15. The van der Waals surface area contributed by atoms with Crippen LogP contribution in [0.3, 0.4) is 0 Å². The molecule has 0 N–H and O–H groups in total. The summed E-state index contributed by atoms with van der Waals surface area (Å²) in [5, 5.41) is 0. The number of ether oxygens (including phenoxy) is 2. The van der Waals surface area contributed by atoms with Crippen molar-refractivity contribution in [1.29, 1.82) is 0 Å². The number of hydrogen-bond acceptors (Lipinski definition) is 3. The summed E-state index contributed by atoms with van der Waals surface area (Å²) >= 11 is 0. The minimum absolute atomic E-state index is 0.0509. The molecule has 1 aromatic rings. The largest absolute Gasteiger partial charge is 0.469 e. The summed E-state index contributed by atoms with van der Waals surface area (Å²) in [5.41, 5.74) is -0.0509. The highest BCUT2D eigenvalue weighted by Gasteiger charge is 2.11. The number of hydrogen-bond donors (Lipinski definition) is 0. The Bertz CT molecular complexity index is 380. The SMILES string of the molecule is COC(=O)Cc1cc(OC(F)F)ccc1F. The van der Waals surface area contributed by atoms with Crippen molar-refractivity contribution in [3.63, 3.8) is 0 Å². The summed E-state index contributed by atoms with van der Waals surface area (Å²) in [4.78, 5) is 10.9. The maximum atomic E-state index is 13.2.